The second kappa shape index (κ2) is 10.6. The number of rotatable bonds is 10. The molecule has 0 aliphatic carbocycles. The summed E-state index contributed by atoms with van der Waals surface area (Å²) >= 11 is 0. The Hall–Kier alpha value is -0.870. The van der Waals surface area contributed by atoms with Gasteiger partial charge in [0.2, 0.25) is 0 Å². The third kappa shape index (κ3) is 7.09. The number of nitrogens with zero attached hydrogens (tertiary/aromatic N) is 1. The molecule has 0 radical (unpaired) electrons. The van der Waals surface area contributed by atoms with Crippen molar-refractivity contribution >= 4 is 24.7 Å². The Labute approximate surface area is 167 Å². The third-order valence-electron chi connectivity index (χ3n) is 3.57. The van der Waals surface area contributed by atoms with Gasteiger partial charge in [-0.3, -0.25) is 9.78 Å². The van der Waals surface area contributed by atoms with Crippen LogP contribution in [0.5, 0.6) is 0 Å². The fraction of sp³-hybridized carbons (Fsp3) is 0.600. The van der Waals surface area contributed by atoms with Crippen molar-refractivity contribution in [3.8, 4) is 0 Å². The van der Waals surface area contributed by atoms with Gasteiger partial charge in [0.1, 0.15) is 0 Å². The number of ether oxygens (including phenoxy) is 1. The van der Waals surface area contributed by atoms with E-state index in [1.54, 1.807) is 0 Å². The summed E-state index contributed by atoms with van der Waals surface area (Å²) in [6.07, 6.45) is -4.65. The van der Waals surface area contributed by atoms with Gasteiger partial charge in [-0.05, 0) is 0 Å². The Kier molecular flexibility index (Phi) is 9.00. The number of H-pyrrole nitrogens is 1. The van der Waals surface area contributed by atoms with E-state index in [9.17, 15) is 28.9 Å². The molecule has 1 aromatic heterocycles. The molecule has 30 heavy (non-hydrogen) atoms. The van der Waals surface area contributed by atoms with Gasteiger partial charge in [0.15, 0.2) is 0 Å². The molecule has 1 fully saturated rings. The van der Waals surface area contributed by atoms with Gasteiger partial charge >= 0.3 is 129 Å². The molecule has 0 spiro atoms. The summed E-state index contributed by atoms with van der Waals surface area (Å²) in [4.78, 5) is 50.7. The predicted octanol–water partition coefficient (Wildman–Crippen LogP) is -2.69. The molecule has 17 nitrogen and oxygen atoms in total. The molecule has 6 N–H and O–H groups in total. The molecule has 20 heteroatoms. The quantitative estimate of drug-likeness (QED) is 0.109. The number of aromatic nitrogens is 2. The van der Waals surface area contributed by atoms with E-state index < -0.39 is 67.0 Å². The number of hydrogen-bond acceptors (Lipinski definition) is 15. The van der Waals surface area contributed by atoms with E-state index in [-0.39, 0.29) is 5.56 Å². The summed E-state index contributed by atoms with van der Waals surface area (Å²) in [5, 5.41) is 20.1. The molecular formula is C10H19N2O15P3. The molecule has 0 amide bonds. The van der Waals surface area contributed by atoms with Gasteiger partial charge in [-0.15, -0.1) is 0 Å². The minimum atomic E-state index is -5.11. The van der Waals surface area contributed by atoms with E-state index in [0.717, 1.165) is 10.8 Å². The summed E-state index contributed by atoms with van der Waals surface area (Å²) in [5.74, 6) is 0. The van der Waals surface area contributed by atoms with Crippen molar-refractivity contribution in [1.82, 2.24) is 9.55 Å². The minimum Gasteiger partial charge on any atom is -0.274 e. The number of aliphatic hydroxyl groups excluding tert-OH is 2. The molecular weight excluding hydrogens is 481 g/mol. The molecule has 174 valence electrons. The maximum absolute atomic E-state index is 11.9. The second-order valence-electron chi connectivity index (χ2n) is 5.75. The van der Waals surface area contributed by atoms with E-state index in [2.05, 4.69) is 18.7 Å². The first-order valence-corrected chi connectivity index (χ1v) is 12.0. The van der Waals surface area contributed by atoms with Gasteiger partial charge < -0.3 is 4.57 Å². The zero-order valence-electron chi connectivity index (χ0n) is 14.9. The van der Waals surface area contributed by atoms with E-state index in [1.807, 2.05) is 4.98 Å². The van der Waals surface area contributed by atoms with Crippen LogP contribution in [-0.4, -0.2) is 59.4 Å². The molecule has 2 rings (SSSR count). The first kappa shape index (κ1) is 25.4. The van der Waals surface area contributed by atoms with E-state index in [0.29, 0.717) is 0 Å². The predicted molar refractivity (Wildman–Crippen MR) is 95.2 cm³/mol. The Morgan fingerprint density at radius 3 is 2.40 bits per heavy atom. The average molecular weight is 500 g/mol. The fourth-order valence-electron chi connectivity index (χ4n) is 2.28. The van der Waals surface area contributed by atoms with Crippen molar-refractivity contribution in [2.75, 3.05) is 6.61 Å². The standard InChI is InChI=1S/C10H19N2O15P3/c1-12-2-4(9(15)11-10(12)16)8-7(14)6(13)5(23-8)3-22-28(17)24-25-29(18)26-27-30(19,20)21/h2,5-8,13-14,19-21,28-30H,3H2,1H3,(H,11,15,16). The summed E-state index contributed by atoms with van der Waals surface area (Å²) < 4.78 is 49.0. The van der Waals surface area contributed by atoms with Crippen LogP contribution in [0.3, 0.4) is 0 Å². The zero-order valence-corrected chi connectivity index (χ0v) is 17.9. The number of aryl methyl sites for hydroxylation is 1. The van der Waals surface area contributed by atoms with Gasteiger partial charge in [-0.1, -0.05) is 0 Å². The van der Waals surface area contributed by atoms with Gasteiger partial charge in [0.25, 0.3) is 5.56 Å². The number of aliphatic hydroxyl groups is 2. The van der Waals surface area contributed by atoms with Crippen LogP contribution < -0.4 is 11.2 Å². The monoisotopic (exact) mass is 500 g/mol. The van der Waals surface area contributed by atoms with Gasteiger partial charge in [-0.2, -0.15) is 0 Å². The van der Waals surface area contributed by atoms with E-state index in [1.165, 1.54) is 7.05 Å². The Bertz CT molecular complexity index is 896. The summed E-state index contributed by atoms with van der Waals surface area (Å²) in [5.41, 5.74) is -1.69. The topological polar surface area (TPSA) is 246 Å². The smallest absolute Gasteiger partial charge is 0.274 e. The summed E-state index contributed by atoms with van der Waals surface area (Å²) in [6, 6.07) is 0. The number of hydrogen-bond donors (Lipinski definition) is 6. The Morgan fingerprint density at radius 2 is 1.77 bits per heavy atom. The average Bonchev–Trinajstić information content (AvgIpc) is 2.93. The van der Waals surface area contributed by atoms with Crippen LogP contribution >= 0.6 is 24.7 Å². The molecule has 1 aromatic rings. The van der Waals surface area contributed by atoms with Crippen molar-refractivity contribution in [1.29, 1.82) is 0 Å². The normalized spacial score (nSPS) is 27.1. The minimum absolute atomic E-state index is 0.148. The van der Waals surface area contributed by atoms with Crippen LogP contribution in [0.4, 0.5) is 0 Å². The zero-order chi connectivity index (χ0) is 22.6. The van der Waals surface area contributed by atoms with Crippen LogP contribution in [0.15, 0.2) is 15.8 Å². The van der Waals surface area contributed by atoms with Crippen molar-refractivity contribution < 1.29 is 62.0 Å². The van der Waals surface area contributed by atoms with Crippen LogP contribution in [0.1, 0.15) is 11.7 Å². The third-order valence-corrected chi connectivity index (χ3v) is 5.27. The van der Waals surface area contributed by atoms with E-state index in [4.69, 9.17) is 23.9 Å². The van der Waals surface area contributed by atoms with Gasteiger partial charge in [-0.25, -0.2) is 4.79 Å². The molecule has 2 heterocycles. The van der Waals surface area contributed by atoms with Gasteiger partial charge in [0, 0.05) is 13.2 Å². The molecule has 6 atom stereocenters. The molecule has 0 aromatic carbocycles. The molecule has 1 aliphatic rings. The first-order valence-electron chi connectivity index (χ1n) is 7.78. The van der Waals surface area contributed by atoms with Gasteiger partial charge in [0.05, 0.1) is 0 Å². The summed E-state index contributed by atoms with van der Waals surface area (Å²) in [6.45, 7) is -0.627. The SMILES string of the molecule is Cn1cc(C2OC(CO[PH](=O)OO[PH](=O)OO[PH](O)(O)O)C(O)C2O)c(=O)[nH]c1=O. The van der Waals surface area contributed by atoms with Crippen molar-refractivity contribution in [2.24, 2.45) is 7.05 Å². The number of aromatic amines is 1. The van der Waals surface area contributed by atoms with Crippen LogP contribution in [0, 0.1) is 0 Å². The Balaban J connectivity index is 1.87. The van der Waals surface area contributed by atoms with Crippen molar-refractivity contribution in [2.45, 2.75) is 24.4 Å². The number of nitrogens with one attached hydrogen (secondary N) is 1. The Morgan fingerprint density at radius 1 is 1.13 bits per heavy atom. The summed E-state index contributed by atoms with van der Waals surface area (Å²) in [7, 11) is -11.0. The molecule has 1 saturated heterocycles. The fourth-order valence-corrected chi connectivity index (χ4v) is 3.92. The molecule has 6 unspecified atom stereocenters. The van der Waals surface area contributed by atoms with E-state index >= 15 is 0 Å². The van der Waals surface area contributed by atoms with Crippen LogP contribution in [-0.2, 0) is 44.1 Å². The molecule has 1 aliphatic heterocycles. The molecule has 0 saturated carbocycles. The van der Waals surface area contributed by atoms with Crippen molar-refractivity contribution in [3.05, 3.63) is 32.6 Å². The first-order chi connectivity index (χ1) is 13.9. The van der Waals surface area contributed by atoms with Crippen LogP contribution in [0.25, 0.3) is 0 Å². The van der Waals surface area contributed by atoms with Crippen molar-refractivity contribution in [3.63, 3.8) is 0 Å². The maximum atomic E-state index is 11.9. The van der Waals surface area contributed by atoms with Crippen LogP contribution in [0.2, 0.25) is 0 Å². The molecule has 0 bridgehead atoms. The second-order valence-corrected chi connectivity index (χ2v) is 8.85.